The minimum absolute atomic E-state index is 0.251. The summed E-state index contributed by atoms with van der Waals surface area (Å²) in [6.07, 6.45) is 33.9. The van der Waals surface area contributed by atoms with Crippen LogP contribution in [-0.4, -0.2) is 11.1 Å². The lowest BCUT2D eigenvalue weighted by Gasteiger charge is -1.89. The average molecular weight is 326 g/mol. The Morgan fingerprint density at radius 3 is 1.58 bits per heavy atom. The Morgan fingerprint density at radius 1 is 0.750 bits per heavy atom. The summed E-state index contributed by atoms with van der Waals surface area (Å²) in [5, 5.41) is 8.50. The minimum atomic E-state index is -0.721. The minimum Gasteiger partial charge on any atom is -0.481 e. The summed E-state index contributed by atoms with van der Waals surface area (Å²) in [5.74, 6) is 1.90. The first-order chi connectivity index (χ1) is 11.8. The number of aliphatic carboxylic acids is 1. The number of rotatable bonds is 14. The molecule has 0 rings (SSSR count). The van der Waals surface area contributed by atoms with Gasteiger partial charge in [0.15, 0.2) is 0 Å². The fraction of sp³-hybridized carbons (Fsp3) is 0.409. The molecule has 0 bridgehead atoms. The number of unbranched alkanes of at least 4 members (excludes halogenated alkanes) is 2. The maximum Gasteiger partial charge on any atom is 0.303 e. The lowest BCUT2D eigenvalue weighted by atomic mass is 10.2. The zero-order valence-electron chi connectivity index (χ0n) is 14.6. The van der Waals surface area contributed by atoms with Crippen LogP contribution in [0.2, 0.25) is 0 Å². The van der Waals surface area contributed by atoms with Crippen LogP contribution in [0.1, 0.15) is 57.8 Å². The number of allylic oxidation sites excluding steroid dienone is 10. The Balaban J connectivity index is 3.48. The SMILES string of the molecule is C#CCC/C=C\C/C=C\C/C=C\C/C=C\C/C=C\CCCC(=O)O. The number of hydrogen-bond donors (Lipinski definition) is 1. The van der Waals surface area contributed by atoms with Crippen LogP contribution in [0.25, 0.3) is 0 Å². The van der Waals surface area contributed by atoms with E-state index in [1.807, 2.05) is 0 Å². The van der Waals surface area contributed by atoms with Crippen molar-refractivity contribution in [1.29, 1.82) is 0 Å². The van der Waals surface area contributed by atoms with Crippen molar-refractivity contribution < 1.29 is 9.90 Å². The quantitative estimate of drug-likeness (QED) is 0.241. The highest BCUT2D eigenvalue weighted by Crippen LogP contribution is 1.99. The van der Waals surface area contributed by atoms with Gasteiger partial charge < -0.3 is 5.11 Å². The van der Waals surface area contributed by atoms with Crippen molar-refractivity contribution in [3.8, 4) is 12.3 Å². The number of carboxylic acid groups (broad SMARTS) is 1. The molecule has 2 nitrogen and oxygen atoms in total. The van der Waals surface area contributed by atoms with E-state index in [0.717, 1.165) is 44.9 Å². The Bertz CT molecular complexity index is 485. The fourth-order valence-electron chi connectivity index (χ4n) is 1.86. The van der Waals surface area contributed by atoms with E-state index in [0.29, 0.717) is 6.42 Å². The van der Waals surface area contributed by atoms with Crippen molar-refractivity contribution in [1.82, 2.24) is 0 Å². The Hall–Kier alpha value is -2.27. The van der Waals surface area contributed by atoms with Gasteiger partial charge in [-0.3, -0.25) is 4.79 Å². The van der Waals surface area contributed by atoms with Crippen LogP contribution >= 0.6 is 0 Å². The summed E-state index contributed by atoms with van der Waals surface area (Å²) in [7, 11) is 0. The van der Waals surface area contributed by atoms with E-state index >= 15 is 0 Å². The van der Waals surface area contributed by atoms with Crippen molar-refractivity contribution >= 4 is 5.97 Å². The molecule has 0 amide bonds. The van der Waals surface area contributed by atoms with Gasteiger partial charge in [0.05, 0.1) is 0 Å². The molecule has 0 aliphatic rings. The Morgan fingerprint density at radius 2 is 1.17 bits per heavy atom. The van der Waals surface area contributed by atoms with E-state index in [9.17, 15) is 4.79 Å². The standard InChI is InChI=1S/C22H30O2/c1-2-3-4-5-6-7-8-9-10-11-12-13-14-15-16-17-18-19-20-21-22(23)24/h1,5-6,8-9,11-12,14-15,17-18H,3-4,7,10,13,16,19-21H2,(H,23,24)/b6-5-,9-8-,12-11-,15-14-,18-17-. The van der Waals surface area contributed by atoms with Crippen molar-refractivity contribution in [2.75, 3.05) is 0 Å². The van der Waals surface area contributed by atoms with Crippen LogP contribution in [0.4, 0.5) is 0 Å². The van der Waals surface area contributed by atoms with E-state index in [-0.39, 0.29) is 6.42 Å². The molecule has 0 radical (unpaired) electrons. The normalized spacial score (nSPS) is 12.3. The Labute approximate surface area is 147 Å². The highest BCUT2D eigenvalue weighted by atomic mass is 16.4. The van der Waals surface area contributed by atoms with Crippen molar-refractivity contribution in [2.24, 2.45) is 0 Å². The third-order valence-electron chi connectivity index (χ3n) is 3.14. The molecular formula is C22H30O2. The maximum absolute atomic E-state index is 10.3. The largest absolute Gasteiger partial charge is 0.481 e. The molecule has 24 heavy (non-hydrogen) atoms. The van der Waals surface area contributed by atoms with Gasteiger partial charge in [-0.1, -0.05) is 60.8 Å². The van der Waals surface area contributed by atoms with Crippen molar-refractivity contribution in [2.45, 2.75) is 57.8 Å². The first kappa shape index (κ1) is 21.7. The molecule has 0 aliphatic carbocycles. The molecule has 0 fully saturated rings. The number of terminal acetylenes is 1. The second-order valence-corrected chi connectivity index (χ2v) is 5.33. The lowest BCUT2D eigenvalue weighted by Crippen LogP contribution is -1.92. The topological polar surface area (TPSA) is 37.3 Å². The monoisotopic (exact) mass is 326 g/mol. The summed E-state index contributed by atoms with van der Waals surface area (Å²) in [4.78, 5) is 10.3. The highest BCUT2D eigenvalue weighted by molar-refractivity contribution is 5.66. The highest BCUT2D eigenvalue weighted by Gasteiger charge is 1.92. The molecule has 0 aliphatic heterocycles. The first-order valence-electron chi connectivity index (χ1n) is 8.67. The number of carbonyl (C=O) groups is 1. The van der Waals surface area contributed by atoms with Crippen molar-refractivity contribution in [3.63, 3.8) is 0 Å². The van der Waals surface area contributed by atoms with Gasteiger partial charge in [0.25, 0.3) is 0 Å². The van der Waals surface area contributed by atoms with Gasteiger partial charge in [-0.15, -0.1) is 12.3 Å². The summed E-state index contributed by atoms with van der Waals surface area (Å²) >= 11 is 0. The molecule has 1 N–H and O–H groups in total. The second kappa shape index (κ2) is 18.8. The second-order valence-electron chi connectivity index (χ2n) is 5.33. The fourth-order valence-corrected chi connectivity index (χ4v) is 1.86. The molecule has 2 heteroatoms. The van der Waals surface area contributed by atoms with Gasteiger partial charge in [-0.05, 0) is 44.9 Å². The summed E-state index contributed by atoms with van der Waals surface area (Å²) in [6.45, 7) is 0. The molecular weight excluding hydrogens is 296 g/mol. The van der Waals surface area contributed by atoms with Gasteiger partial charge in [0, 0.05) is 12.8 Å². The van der Waals surface area contributed by atoms with E-state index < -0.39 is 5.97 Å². The number of carboxylic acids is 1. The van der Waals surface area contributed by atoms with E-state index in [1.54, 1.807) is 0 Å². The molecule has 0 atom stereocenters. The van der Waals surface area contributed by atoms with Gasteiger partial charge >= 0.3 is 5.97 Å². The van der Waals surface area contributed by atoms with Crippen LogP contribution in [0.15, 0.2) is 60.8 Å². The van der Waals surface area contributed by atoms with Crippen LogP contribution in [0, 0.1) is 12.3 Å². The smallest absolute Gasteiger partial charge is 0.303 e. The summed E-state index contributed by atoms with van der Waals surface area (Å²) in [6, 6.07) is 0. The predicted octanol–water partition coefficient (Wildman–Crippen LogP) is 6.00. The summed E-state index contributed by atoms with van der Waals surface area (Å²) in [5.41, 5.74) is 0. The van der Waals surface area contributed by atoms with Crippen LogP contribution in [0.3, 0.4) is 0 Å². The van der Waals surface area contributed by atoms with Gasteiger partial charge in [-0.2, -0.15) is 0 Å². The molecule has 0 saturated carbocycles. The van der Waals surface area contributed by atoms with Crippen LogP contribution < -0.4 is 0 Å². The predicted molar refractivity (Wildman–Crippen MR) is 104 cm³/mol. The molecule has 0 aromatic rings. The van der Waals surface area contributed by atoms with E-state index in [4.69, 9.17) is 11.5 Å². The first-order valence-corrected chi connectivity index (χ1v) is 8.67. The third-order valence-corrected chi connectivity index (χ3v) is 3.14. The zero-order chi connectivity index (χ0) is 17.7. The molecule has 0 spiro atoms. The average Bonchev–Trinajstić information content (AvgIpc) is 2.56. The maximum atomic E-state index is 10.3. The van der Waals surface area contributed by atoms with Gasteiger partial charge in [0.2, 0.25) is 0 Å². The van der Waals surface area contributed by atoms with Gasteiger partial charge in [-0.25, -0.2) is 0 Å². The van der Waals surface area contributed by atoms with E-state index in [2.05, 4.69) is 66.7 Å². The van der Waals surface area contributed by atoms with E-state index in [1.165, 1.54) is 0 Å². The molecule has 130 valence electrons. The molecule has 0 heterocycles. The molecule has 0 unspecified atom stereocenters. The zero-order valence-corrected chi connectivity index (χ0v) is 14.6. The molecule has 0 aromatic carbocycles. The summed E-state index contributed by atoms with van der Waals surface area (Å²) < 4.78 is 0. The number of hydrogen-bond acceptors (Lipinski definition) is 1. The molecule has 0 saturated heterocycles. The lowest BCUT2D eigenvalue weighted by molar-refractivity contribution is -0.137. The third kappa shape index (κ3) is 19.7. The van der Waals surface area contributed by atoms with Crippen LogP contribution in [0.5, 0.6) is 0 Å². The van der Waals surface area contributed by atoms with Gasteiger partial charge in [0.1, 0.15) is 0 Å². The Kier molecular flexibility index (Phi) is 17.0. The molecule has 0 aromatic heterocycles. The van der Waals surface area contributed by atoms with Crippen molar-refractivity contribution in [3.05, 3.63) is 60.8 Å². The van der Waals surface area contributed by atoms with Crippen LogP contribution in [-0.2, 0) is 4.79 Å².